The van der Waals surface area contributed by atoms with Crippen LogP contribution in [0.5, 0.6) is 11.6 Å². The van der Waals surface area contributed by atoms with Crippen molar-refractivity contribution in [1.82, 2.24) is 9.97 Å². The molecule has 1 aromatic heterocycles. The van der Waals surface area contributed by atoms with Crippen LogP contribution < -0.4 is 15.8 Å². The van der Waals surface area contributed by atoms with Crippen LogP contribution in [0.15, 0.2) is 42.5 Å². The molecule has 27 heavy (non-hydrogen) atoms. The lowest BCUT2D eigenvalue weighted by Crippen LogP contribution is -2.04. The van der Waals surface area contributed by atoms with E-state index in [2.05, 4.69) is 21.4 Å². The van der Waals surface area contributed by atoms with E-state index in [1.807, 2.05) is 13.0 Å². The van der Waals surface area contributed by atoms with Gasteiger partial charge >= 0.3 is 0 Å². The number of nitrogens with one attached hydrogen (secondary N) is 1. The van der Waals surface area contributed by atoms with E-state index in [0.29, 0.717) is 22.6 Å². The van der Waals surface area contributed by atoms with Crippen LogP contribution in [-0.2, 0) is 0 Å². The van der Waals surface area contributed by atoms with Crippen LogP contribution >= 0.6 is 11.6 Å². The molecule has 0 saturated heterocycles. The molecule has 0 unspecified atom stereocenters. The number of aromatic nitrogens is 2. The summed E-state index contributed by atoms with van der Waals surface area (Å²) in [6, 6.07) is 15.9. The number of nitrogen functional groups attached to an aromatic ring is 1. The molecule has 8 heteroatoms. The number of nitrogens with two attached hydrogens (primary N) is 1. The minimum absolute atomic E-state index is 0.0594. The number of rotatable bonds is 4. The SMILES string of the molecule is Cc1cc(C#N)ccc1Oc1nc(Nc2ccc(C#N)cc2)nc(N)c1Cl. The molecule has 0 bridgehead atoms. The van der Waals surface area contributed by atoms with E-state index in [9.17, 15) is 0 Å². The van der Waals surface area contributed by atoms with E-state index in [4.69, 9.17) is 32.6 Å². The quantitative estimate of drug-likeness (QED) is 0.696. The Morgan fingerprint density at radius 1 is 1.04 bits per heavy atom. The summed E-state index contributed by atoms with van der Waals surface area (Å²) in [5, 5.41) is 20.9. The van der Waals surface area contributed by atoms with Gasteiger partial charge in [0.05, 0.1) is 23.3 Å². The van der Waals surface area contributed by atoms with Crippen LogP contribution in [0, 0.1) is 29.6 Å². The number of ether oxygens (including phenoxy) is 1. The number of hydrogen-bond donors (Lipinski definition) is 2. The summed E-state index contributed by atoms with van der Waals surface area (Å²) >= 11 is 6.18. The number of nitrogens with zero attached hydrogens (tertiary/aromatic N) is 4. The van der Waals surface area contributed by atoms with Gasteiger partial charge in [-0.15, -0.1) is 0 Å². The highest BCUT2D eigenvalue weighted by Gasteiger charge is 2.14. The van der Waals surface area contributed by atoms with E-state index < -0.39 is 0 Å². The Morgan fingerprint density at radius 2 is 1.70 bits per heavy atom. The fourth-order valence-electron chi connectivity index (χ4n) is 2.26. The van der Waals surface area contributed by atoms with Gasteiger partial charge in [-0.1, -0.05) is 11.6 Å². The van der Waals surface area contributed by atoms with Gasteiger partial charge in [0.15, 0.2) is 5.82 Å². The number of benzene rings is 2. The maximum Gasteiger partial charge on any atom is 0.245 e. The lowest BCUT2D eigenvalue weighted by molar-refractivity contribution is 0.460. The molecule has 0 aliphatic carbocycles. The van der Waals surface area contributed by atoms with Crippen molar-refractivity contribution in [2.75, 3.05) is 11.1 Å². The average Bonchev–Trinajstić information content (AvgIpc) is 2.67. The Bertz CT molecular complexity index is 1080. The van der Waals surface area contributed by atoms with Crippen molar-refractivity contribution in [1.29, 1.82) is 10.5 Å². The Balaban J connectivity index is 1.90. The Kier molecular flexibility index (Phi) is 5.07. The third kappa shape index (κ3) is 4.06. The van der Waals surface area contributed by atoms with Crippen molar-refractivity contribution in [2.45, 2.75) is 6.92 Å². The number of anilines is 3. The molecule has 0 atom stereocenters. The Morgan fingerprint density at radius 3 is 2.33 bits per heavy atom. The molecule has 132 valence electrons. The summed E-state index contributed by atoms with van der Waals surface area (Å²) in [5.41, 5.74) is 8.36. The molecule has 0 aliphatic rings. The van der Waals surface area contributed by atoms with Crippen molar-refractivity contribution < 1.29 is 4.74 Å². The highest BCUT2D eigenvalue weighted by atomic mass is 35.5. The predicted molar refractivity (Wildman–Crippen MR) is 102 cm³/mol. The van der Waals surface area contributed by atoms with Gasteiger partial charge in [-0.05, 0) is 55.0 Å². The molecular formula is C19H13ClN6O. The van der Waals surface area contributed by atoms with Crippen molar-refractivity contribution in [3.63, 3.8) is 0 Å². The molecule has 0 saturated carbocycles. The minimum Gasteiger partial charge on any atom is -0.437 e. The zero-order chi connectivity index (χ0) is 19.4. The van der Waals surface area contributed by atoms with Crippen LogP contribution in [0.4, 0.5) is 17.5 Å². The molecule has 0 aliphatic heterocycles. The van der Waals surface area contributed by atoms with E-state index in [1.165, 1.54) is 0 Å². The molecule has 7 nitrogen and oxygen atoms in total. The van der Waals surface area contributed by atoms with Gasteiger partial charge in [-0.2, -0.15) is 20.5 Å². The van der Waals surface area contributed by atoms with Crippen molar-refractivity contribution in [2.24, 2.45) is 0 Å². The number of halogens is 1. The molecule has 1 heterocycles. The summed E-state index contributed by atoms with van der Waals surface area (Å²) < 4.78 is 5.78. The first-order valence-corrected chi connectivity index (χ1v) is 8.16. The topological polar surface area (TPSA) is 121 Å². The first kappa shape index (κ1) is 18.0. The molecule has 3 aromatic rings. The standard InChI is InChI=1S/C19H13ClN6O/c1-11-8-13(10-22)4-7-15(11)27-18-16(20)17(23)25-19(26-18)24-14-5-2-12(9-21)3-6-14/h2-8H,1H3,(H3,23,24,25,26). The molecule has 2 aromatic carbocycles. The predicted octanol–water partition coefficient (Wildman–Crippen LogP) is 4.30. The van der Waals surface area contributed by atoms with Crippen molar-refractivity contribution in [3.05, 3.63) is 64.2 Å². The number of aryl methyl sites for hydroxylation is 1. The van der Waals surface area contributed by atoms with E-state index >= 15 is 0 Å². The van der Waals surface area contributed by atoms with Crippen LogP contribution in [0.2, 0.25) is 5.02 Å². The molecule has 3 rings (SSSR count). The van der Waals surface area contributed by atoms with Gasteiger partial charge < -0.3 is 15.8 Å². The third-order valence-corrected chi connectivity index (χ3v) is 3.98. The third-order valence-electron chi connectivity index (χ3n) is 3.63. The second-order valence-corrected chi connectivity index (χ2v) is 5.94. The van der Waals surface area contributed by atoms with E-state index in [0.717, 1.165) is 5.56 Å². The minimum atomic E-state index is 0.0594. The molecule has 0 spiro atoms. The van der Waals surface area contributed by atoms with Crippen LogP contribution in [-0.4, -0.2) is 9.97 Å². The first-order valence-electron chi connectivity index (χ1n) is 7.79. The summed E-state index contributed by atoms with van der Waals surface area (Å²) in [4.78, 5) is 8.36. The maximum atomic E-state index is 8.96. The highest BCUT2D eigenvalue weighted by Crippen LogP contribution is 2.34. The molecule has 3 N–H and O–H groups in total. The zero-order valence-electron chi connectivity index (χ0n) is 14.2. The Labute approximate surface area is 160 Å². The summed E-state index contributed by atoms with van der Waals surface area (Å²) in [7, 11) is 0. The van der Waals surface area contributed by atoms with Crippen molar-refractivity contribution in [3.8, 4) is 23.8 Å². The molecular weight excluding hydrogens is 364 g/mol. The van der Waals surface area contributed by atoms with Crippen molar-refractivity contribution >= 4 is 29.1 Å². The lowest BCUT2D eigenvalue weighted by atomic mass is 10.1. The normalized spacial score (nSPS) is 9.93. The van der Waals surface area contributed by atoms with Gasteiger partial charge in [0.25, 0.3) is 0 Å². The summed E-state index contributed by atoms with van der Waals surface area (Å²) in [6.45, 7) is 1.81. The lowest BCUT2D eigenvalue weighted by Gasteiger charge is -2.12. The van der Waals surface area contributed by atoms with Crippen LogP contribution in [0.3, 0.4) is 0 Å². The van der Waals surface area contributed by atoms with Gasteiger partial charge in [0.2, 0.25) is 11.8 Å². The van der Waals surface area contributed by atoms with Crippen LogP contribution in [0.1, 0.15) is 16.7 Å². The van der Waals surface area contributed by atoms with Crippen LogP contribution in [0.25, 0.3) is 0 Å². The fourth-order valence-corrected chi connectivity index (χ4v) is 2.38. The average molecular weight is 377 g/mol. The van der Waals surface area contributed by atoms with Gasteiger partial charge in [-0.25, -0.2) is 0 Å². The smallest absolute Gasteiger partial charge is 0.245 e. The molecule has 0 amide bonds. The molecule has 0 radical (unpaired) electrons. The second kappa shape index (κ2) is 7.61. The number of nitriles is 2. The second-order valence-electron chi connectivity index (χ2n) is 5.56. The van der Waals surface area contributed by atoms with Gasteiger partial charge in [0.1, 0.15) is 10.8 Å². The monoisotopic (exact) mass is 376 g/mol. The van der Waals surface area contributed by atoms with Gasteiger partial charge in [0, 0.05) is 5.69 Å². The zero-order valence-corrected chi connectivity index (χ0v) is 14.9. The van der Waals surface area contributed by atoms with E-state index in [-0.39, 0.29) is 22.7 Å². The number of hydrogen-bond acceptors (Lipinski definition) is 7. The maximum absolute atomic E-state index is 8.96. The largest absolute Gasteiger partial charge is 0.437 e. The first-order chi connectivity index (χ1) is 13.0. The summed E-state index contributed by atoms with van der Waals surface area (Å²) in [5.74, 6) is 0.846. The fraction of sp³-hybridized carbons (Fsp3) is 0.0526. The highest BCUT2D eigenvalue weighted by molar-refractivity contribution is 6.34. The Hall–Kier alpha value is -3.81. The summed E-state index contributed by atoms with van der Waals surface area (Å²) in [6.07, 6.45) is 0. The molecule has 0 fully saturated rings. The van der Waals surface area contributed by atoms with Gasteiger partial charge in [-0.3, -0.25) is 0 Å². The van der Waals surface area contributed by atoms with E-state index in [1.54, 1.807) is 42.5 Å².